The molecule has 0 aliphatic heterocycles. The van der Waals surface area contributed by atoms with Gasteiger partial charge in [0.25, 0.3) is 0 Å². The second kappa shape index (κ2) is 8.09. The third-order valence-corrected chi connectivity index (χ3v) is 5.89. The Kier molecular flexibility index (Phi) is 5.19. The number of halogens is 3. The van der Waals surface area contributed by atoms with Crippen LogP contribution in [0.15, 0.2) is 77.5 Å². The van der Waals surface area contributed by atoms with Crippen molar-refractivity contribution >= 4 is 5.65 Å². The highest BCUT2D eigenvalue weighted by Crippen LogP contribution is 2.36. The van der Waals surface area contributed by atoms with E-state index in [4.69, 9.17) is 4.42 Å². The zero-order valence-corrected chi connectivity index (χ0v) is 18.4. The number of aryl methyl sites for hydroxylation is 1. The smallest absolute Gasteiger partial charge is 0.416 e. The van der Waals surface area contributed by atoms with Crippen LogP contribution in [-0.2, 0) is 18.0 Å². The number of nitrogens with zero attached hydrogens (tertiary/aromatic N) is 5. The van der Waals surface area contributed by atoms with Crippen LogP contribution in [0.4, 0.5) is 13.2 Å². The topological polar surface area (TPSA) is 69.1 Å². The molecule has 0 radical (unpaired) electrons. The maximum Gasteiger partial charge on any atom is 0.416 e. The van der Waals surface area contributed by atoms with Gasteiger partial charge in [-0.2, -0.15) is 18.3 Å². The SMILES string of the molecule is Cc1nnc(C(C)(Cc2ccccc2)c2ccnc3c(-c4ccc(C(F)(F)F)cc4)cnn23)o1. The monoisotopic (exact) mass is 463 g/mol. The Hall–Kier alpha value is -4.01. The summed E-state index contributed by atoms with van der Waals surface area (Å²) in [5, 5.41) is 12.9. The number of aromatic nitrogens is 5. The molecule has 3 aromatic heterocycles. The van der Waals surface area contributed by atoms with Gasteiger partial charge in [0, 0.05) is 18.7 Å². The average Bonchev–Trinajstić information content (AvgIpc) is 3.46. The Balaban J connectivity index is 1.64. The molecule has 0 amide bonds. The van der Waals surface area contributed by atoms with Crippen LogP contribution in [0.25, 0.3) is 16.8 Å². The van der Waals surface area contributed by atoms with Crippen molar-refractivity contribution in [2.75, 3.05) is 0 Å². The van der Waals surface area contributed by atoms with Gasteiger partial charge >= 0.3 is 6.18 Å². The average molecular weight is 463 g/mol. The molecule has 0 saturated carbocycles. The summed E-state index contributed by atoms with van der Waals surface area (Å²) in [5.41, 5.74) is 2.12. The molecule has 34 heavy (non-hydrogen) atoms. The van der Waals surface area contributed by atoms with E-state index in [0.717, 1.165) is 23.4 Å². The number of hydrogen-bond acceptors (Lipinski definition) is 5. The van der Waals surface area contributed by atoms with Crippen molar-refractivity contribution in [1.82, 2.24) is 24.8 Å². The number of hydrogen-bond donors (Lipinski definition) is 0. The first-order valence-electron chi connectivity index (χ1n) is 10.6. The fourth-order valence-corrected chi connectivity index (χ4v) is 4.15. The van der Waals surface area contributed by atoms with Gasteiger partial charge in [0.05, 0.1) is 22.9 Å². The van der Waals surface area contributed by atoms with Crippen molar-refractivity contribution < 1.29 is 17.6 Å². The molecular formula is C25H20F3N5O. The van der Waals surface area contributed by atoms with Gasteiger partial charge < -0.3 is 4.42 Å². The molecule has 0 spiro atoms. The molecule has 0 saturated heterocycles. The lowest BCUT2D eigenvalue weighted by atomic mass is 9.80. The lowest BCUT2D eigenvalue weighted by molar-refractivity contribution is -0.137. The molecule has 0 N–H and O–H groups in total. The maximum absolute atomic E-state index is 13.0. The molecule has 0 fully saturated rings. The molecule has 0 aliphatic rings. The Morgan fingerprint density at radius 3 is 2.32 bits per heavy atom. The Morgan fingerprint density at radius 2 is 1.68 bits per heavy atom. The minimum absolute atomic E-state index is 0.438. The quantitative estimate of drug-likeness (QED) is 0.337. The van der Waals surface area contributed by atoms with Gasteiger partial charge in [-0.3, -0.25) is 0 Å². The standard InChI is InChI=1S/C25H20F3N5O/c1-16-31-32-23(34-16)24(2,14-17-6-4-3-5-7-17)21-12-13-29-22-20(15-30-33(21)22)18-8-10-19(11-9-18)25(26,27)28/h3-13,15H,14H2,1-2H3. The molecule has 0 bridgehead atoms. The molecule has 2 aromatic carbocycles. The summed E-state index contributed by atoms with van der Waals surface area (Å²) in [5.74, 6) is 0.887. The van der Waals surface area contributed by atoms with E-state index in [9.17, 15) is 13.2 Å². The minimum atomic E-state index is -4.40. The van der Waals surface area contributed by atoms with E-state index in [2.05, 4.69) is 20.3 Å². The van der Waals surface area contributed by atoms with Crippen LogP contribution in [0.5, 0.6) is 0 Å². The highest BCUT2D eigenvalue weighted by atomic mass is 19.4. The van der Waals surface area contributed by atoms with Gasteiger partial charge in [-0.25, -0.2) is 9.50 Å². The fourth-order valence-electron chi connectivity index (χ4n) is 4.15. The molecule has 0 aliphatic carbocycles. The third-order valence-electron chi connectivity index (χ3n) is 5.89. The van der Waals surface area contributed by atoms with Gasteiger partial charge in [-0.05, 0) is 42.7 Å². The van der Waals surface area contributed by atoms with E-state index in [1.165, 1.54) is 12.1 Å². The van der Waals surface area contributed by atoms with Gasteiger partial charge in [-0.1, -0.05) is 42.5 Å². The molecule has 1 atom stereocenters. The van der Waals surface area contributed by atoms with Crippen LogP contribution in [0, 0.1) is 6.92 Å². The summed E-state index contributed by atoms with van der Waals surface area (Å²) < 4.78 is 46.5. The van der Waals surface area contributed by atoms with Crippen molar-refractivity contribution in [3.8, 4) is 11.1 Å². The molecular weight excluding hydrogens is 443 g/mol. The lowest BCUT2D eigenvalue weighted by Gasteiger charge is -2.26. The first-order chi connectivity index (χ1) is 16.3. The second-order valence-corrected chi connectivity index (χ2v) is 8.32. The van der Waals surface area contributed by atoms with Crippen LogP contribution in [0.2, 0.25) is 0 Å². The van der Waals surface area contributed by atoms with Gasteiger partial charge in [0.2, 0.25) is 11.8 Å². The van der Waals surface area contributed by atoms with E-state index in [-0.39, 0.29) is 0 Å². The van der Waals surface area contributed by atoms with Crippen LogP contribution >= 0.6 is 0 Å². The normalized spacial score (nSPS) is 13.8. The predicted octanol–water partition coefficient (Wildman–Crippen LogP) is 5.66. The van der Waals surface area contributed by atoms with E-state index >= 15 is 0 Å². The second-order valence-electron chi connectivity index (χ2n) is 8.32. The van der Waals surface area contributed by atoms with Crippen molar-refractivity contribution in [1.29, 1.82) is 0 Å². The molecule has 1 unspecified atom stereocenters. The zero-order valence-electron chi connectivity index (χ0n) is 18.4. The largest absolute Gasteiger partial charge is 0.425 e. The molecule has 3 heterocycles. The summed E-state index contributed by atoms with van der Waals surface area (Å²) in [6.45, 7) is 3.74. The number of alkyl halides is 3. The first kappa shape index (κ1) is 21.8. The Bertz CT molecular complexity index is 1440. The lowest BCUT2D eigenvalue weighted by Crippen LogP contribution is -2.30. The van der Waals surface area contributed by atoms with Crippen molar-refractivity contribution in [3.05, 3.63) is 102 Å². The van der Waals surface area contributed by atoms with Gasteiger partial charge in [-0.15, -0.1) is 10.2 Å². The van der Waals surface area contributed by atoms with Crippen LogP contribution in [-0.4, -0.2) is 24.8 Å². The highest BCUT2D eigenvalue weighted by Gasteiger charge is 2.38. The first-order valence-corrected chi connectivity index (χ1v) is 10.6. The Morgan fingerprint density at radius 1 is 0.941 bits per heavy atom. The zero-order chi connectivity index (χ0) is 23.9. The fraction of sp³-hybridized carbons (Fsp3) is 0.200. The number of rotatable bonds is 5. The number of benzene rings is 2. The van der Waals surface area contributed by atoms with Crippen LogP contribution < -0.4 is 0 Å². The third kappa shape index (κ3) is 3.83. The minimum Gasteiger partial charge on any atom is -0.425 e. The maximum atomic E-state index is 13.0. The van der Waals surface area contributed by atoms with E-state index in [0.29, 0.717) is 35.0 Å². The van der Waals surface area contributed by atoms with Gasteiger partial charge in [0.1, 0.15) is 0 Å². The van der Waals surface area contributed by atoms with Crippen molar-refractivity contribution in [2.24, 2.45) is 0 Å². The highest BCUT2D eigenvalue weighted by molar-refractivity contribution is 5.77. The van der Waals surface area contributed by atoms with E-state index < -0.39 is 17.2 Å². The van der Waals surface area contributed by atoms with Crippen molar-refractivity contribution in [3.63, 3.8) is 0 Å². The van der Waals surface area contributed by atoms with Gasteiger partial charge in [0.15, 0.2) is 5.65 Å². The molecule has 6 nitrogen and oxygen atoms in total. The van der Waals surface area contributed by atoms with Crippen LogP contribution in [0.3, 0.4) is 0 Å². The number of fused-ring (bicyclic) bond motifs is 1. The molecule has 9 heteroatoms. The summed E-state index contributed by atoms with van der Waals surface area (Å²) >= 11 is 0. The summed E-state index contributed by atoms with van der Waals surface area (Å²) in [4.78, 5) is 4.48. The summed E-state index contributed by atoms with van der Waals surface area (Å²) in [7, 11) is 0. The summed E-state index contributed by atoms with van der Waals surface area (Å²) in [6.07, 6.45) is -0.570. The van der Waals surface area contributed by atoms with Crippen LogP contribution in [0.1, 0.15) is 35.5 Å². The Labute approximate surface area is 193 Å². The van der Waals surface area contributed by atoms with E-state index in [1.807, 2.05) is 43.3 Å². The van der Waals surface area contributed by atoms with E-state index in [1.54, 1.807) is 23.8 Å². The molecule has 5 aromatic rings. The van der Waals surface area contributed by atoms with Crippen molar-refractivity contribution in [2.45, 2.75) is 31.9 Å². The predicted molar refractivity (Wildman–Crippen MR) is 119 cm³/mol. The molecule has 172 valence electrons. The summed E-state index contributed by atoms with van der Waals surface area (Å²) in [6, 6.07) is 16.8. The molecule has 5 rings (SSSR count).